The molecule has 0 spiro atoms. The fourth-order valence-electron chi connectivity index (χ4n) is 4.14. The molecule has 0 radical (unpaired) electrons. The maximum atomic E-state index is 12.7. The van der Waals surface area contributed by atoms with Crippen molar-refractivity contribution >= 4 is 11.7 Å². The van der Waals surface area contributed by atoms with Crippen LogP contribution >= 0.6 is 0 Å². The third kappa shape index (κ3) is 2.16. The average molecular weight is 281 g/mol. The van der Waals surface area contributed by atoms with Gasteiger partial charge >= 0.3 is 0 Å². The maximum Gasteiger partial charge on any atom is 0.234 e. The van der Waals surface area contributed by atoms with Gasteiger partial charge in [0, 0.05) is 19.3 Å². The molecular weight excluding hydrogens is 258 g/mol. The molecule has 2 bridgehead atoms. The summed E-state index contributed by atoms with van der Waals surface area (Å²) < 4.78 is 5.32. The lowest BCUT2D eigenvalue weighted by molar-refractivity contribution is -0.132. The maximum absolute atomic E-state index is 12.7. The van der Waals surface area contributed by atoms with Gasteiger partial charge in [0.05, 0.1) is 0 Å². The zero-order valence-electron chi connectivity index (χ0n) is 11.7. The largest absolute Gasteiger partial charge is 0.409 e. The Hall–Kier alpha value is -1.30. The Morgan fingerprint density at radius 3 is 2.60 bits per heavy atom. The van der Waals surface area contributed by atoms with E-state index in [9.17, 15) is 4.79 Å². The van der Waals surface area contributed by atoms with Gasteiger partial charge in [0.2, 0.25) is 5.91 Å². The molecule has 2 saturated carbocycles. The van der Waals surface area contributed by atoms with Gasteiger partial charge in [0.15, 0.2) is 5.84 Å². The van der Waals surface area contributed by atoms with Gasteiger partial charge in [0.1, 0.15) is 5.41 Å². The topological polar surface area (TPSA) is 96.9 Å². The van der Waals surface area contributed by atoms with Gasteiger partial charge in [-0.05, 0) is 43.9 Å². The van der Waals surface area contributed by atoms with Crippen molar-refractivity contribution in [3.63, 3.8) is 0 Å². The average Bonchev–Trinajstić information content (AvgIpc) is 3.09. The quantitative estimate of drug-likeness (QED) is 0.309. The third-order valence-corrected chi connectivity index (χ3v) is 5.43. The summed E-state index contributed by atoms with van der Waals surface area (Å²) in [4.78, 5) is 12.7. The minimum Gasteiger partial charge on any atom is -0.409 e. The highest BCUT2D eigenvalue weighted by atomic mass is 16.5. The van der Waals surface area contributed by atoms with Crippen LogP contribution in [0, 0.1) is 17.3 Å². The number of hydrogen-bond acceptors (Lipinski definition) is 4. The summed E-state index contributed by atoms with van der Waals surface area (Å²) in [6.45, 7) is 0.945. The van der Waals surface area contributed by atoms with Gasteiger partial charge in [-0.3, -0.25) is 4.79 Å². The Kier molecular flexibility index (Phi) is 3.58. The number of rotatable bonds is 3. The summed E-state index contributed by atoms with van der Waals surface area (Å²) in [7, 11) is 0. The number of ether oxygens (including phenoxy) is 1. The number of oxime groups is 1. The zero-order valence-corrected chi connectivity index (χ0v) is 11.7. The second-order valence-corrected chi connectivity index (χ2v) is 6.43. The van der Waals surface area contributed by atoms with E-state index >= 15 is 0 Å². The summed E-state index contributed by atoms with van der Waals surface area (Å²) in [5.74, 6) is 1.32. The van der Waals surface area contributed by atoms with Crippen LogP contribution < -0.4 is 11.1 Å². The molecule has 4 N–H and O–H groups in total. The SMILES string of the molecule is NC(=NO)C1(C(=O)NC2CC3CCC2C3)CCOCC1. The number of amides is 1. The summed E-state index contributed by atoms with van der Waals surface area (Å²) in [6.07, 6.45) is 5.81. The Morgan fingerprint density at radius 2 is 2.05 bits per heavy atom. The molecular formula is C14H23N3O3. The molecule has 2 aliphatic carbocycles. The Bertz CT molecular complexity index is 418. The number of fused-ring (bicyclic) bond motifs is 2. The smallest absolute Gasteiger partial charge is 0.234 e. The number of carbonyl (C=O) groups is 1. The predicted molar refractivity (Wildman–Crippen MR) is 73.3 cm³/mol. The first-order valence-electron chi connectivity index (χ1n) is 7.52. The van der Waals surface area contributed by atoms with Crippen LogP contribution in [0.2, 0.25) is 0 Å². The van der Waals surface area contributed by atoms with Gasteiger partial charge in [-0.2, -0.15) is 0 Å². The number of nitrogens with one attached hydrogen (secondary N) is 1. The Morgan fingerprint density at radius 1 is 1.30 bits per heavy atom. The van der Waals surface area contributed by atoms with Crippen LogP contribution in [-0.2, 0) is 9.53 Å². The number of hydrogen-bond donors (Lipinski definition) is 3. The first-order chi connectivity index (χ1) is 9.65. The van der Waals surface area contributed by atoms with Gasteiger partial charge in [0.25, 0.3) is 0 Å². The van der Waals surface area contributed by atoms with E-state index in [1.807, 2.05) is 0 Å². The summed E-state index contributed by atoms with van der Waals surface area (Å²) >= 11 is 0. The first kappa shape index (κ1) is 13.7. The fourth-order valence-corrected chi connectivity index (χ4v) is 4.14. The lowest BCUT2D eigenvalue weighted by Crippen LogP contribution is -2.55. The van der Waals surface area contributed by atoms with Crippen molar-refractivity contribution in [1.82, 2.24) is 5.32 Å². The molecule has 1 heterocycles. The highest BCUT2D eigenvalue weighted by molar-refractivity contribution is 6.07. The van der Waals surface area contributed by atoms with E-state index in [1.54, 1.807) is 0 Å². The van der Waals surface area contributed by atoms with Gasteiger partial charge in [-0.15, -0.1) is 0 Å². The van der Waals surface area contributed by atoms with Crippen molar-refractivity contribution in [2.24, 2.45) is 28.1 Å². The van der Waals surface area contributed by atoms with E-state index in [4.69, 9.17) is 15.7 Å². The van der Waals surface area contributed by atoms with Crippen molar-refractivity contribution in [1.29, 1.82) is 0 Å². The van der Waals surface area contributed by atoms with E-state index < -0.39 is 5.41 Å². The molecule has 1 saturated heterocycles. The van der Waals surface area contributed by atoms with Crippen LogP contribution in [0.4, 0.5) is 0 Å². The molecule has 3 rings (SSSR count). The molecule has 3 unspecified atom stereocenters. The highest BCUT2D eigenvalue weighted by Crippen LogP contribution is 2.45. The molecule has 6 nitrogen and oxygen atoms in total. The molecule has 6 heteroatoms. The normalized spacial score (nSPS) is 36.0. The van der Waals surface area contributed by atoms with Gasteiger partial charge in [-0.25, -0.2) is 0 Å². The van der Waals surface area contributed by atoms with Gasteiger partial charge < -0.3 is 21.0 Å². The second kappa shape index (κ2) is 5.24. The number of nitrogens with two attached hydrogens (primary N) is 1. The second-order valence-electron chi connectivity index (χ2n) is 6.43. The first-order valence-corrected chi connectivity index (χ1v) is 7.52. The van der Waals surface area contributed by atoms with E-state index in [-0.39, 0.29) is 17.8 Å². The van der Waals surface area contributed by atoms with Crippen molar-refractivity contribution in [2.45, 2.75) is 44.6 Å². The Balaban J connectivity index is 1.72. The van der Waals surface area contributed by atoms with Gasteiger partial charge in [-0.1, -0.05) is 11.6 Å². The van der Waals surface area contributed by atoms with Crippen LogP contribution in [0.5, 0.6) is 0 Å². The predicted octanol–water partition coefficient (Wildman–Crippen LogP) is 0.834. The van der Waals surface area contributed by atoms with Crippen molar-refractivity contribution in [3.05, 3.63) is 0 Å². The lowest BCUT2D eigenvalue weighted by Gasteiger charge is -2.36. The fraction of sp³-hybridized carbons (Fsp3) is 0.857. The summed E-state index contributed by atoms with van der Waals surface area (Å²) in [5, 5.41) is 15.3. The molecule has 20 heavy (non-hydrogen) atoms. The molecule has 3 fully saturated rings. The van der Waals surface area contributed by atoms with Crippen LogP contribution in [-0.4, -0.2) is 36.2 Å². The Labute approximate surface area is 118 Å². The molecule has 3 aliphatic rings. The molecule has 0 aromatic heterocycles. The standard InChI is InChI=1S/C14H23N3O3/c15-12(17-19)14(3-5-20-6-4-14)13(18)16-11-8-9-1-2-10(11)7-9/h9-11,19H,1-8H2,(H2,15,17)(H,16,18). The number of carbonyl (C=O) groups excluding carboxylic acids is 1. The monoisotopic (exact) mass is 281 g/mol. The van der Waals surface area contributed by atoms with E-state index in [2.05, 4.69) is 10.5 Å². The summed E-state index contributed by atoms with van der Waals surface area (Å²) in [6, 6.07) is 0.271. The van der Waals surface area contributed by atoms with E-state index in [0.29, 0.717) is 32.0 Å². The van der Waals surface area contributed by atoms with Crippen LogP contribution in [0.3, 0.4) is 0 Å². The molecule has 0 aromatic carbocycles. The molecule has 3 atom stereocenters. The number of nitrogens with zero attached hydrogens (tertiary/aromatic N) is 1. The lowest BCUT2D eigenvalue weighted by atomic mass is 9.77. The van der Waals surface area contributed by atoms with Crippen molar-refractivity contribution < 1.29 is 14.7 Å². The molecule has 0 aromatic rings. The van der Waals surface area contributed by atoms with Crippen molar-refractivity contribution in [2.75, 3.05) is 13.2 Å². The minimum atomic E-state index is -0.894. The minimum absolute atomic E-state index is 0.0152. The zero-order chi connectivity index (χ0) is 14.2. The van der Waals surface area contributed by atoms with E-state index in [0.717, 1.165) is 12.3 Å². The van der Waals surface area contributed by atoms with Crippen LogP contribution in [0.25, 0.3) is 0 Å². The number of amidine groups is 1. The molecule has 1 amide bonds. The molecule has 112 valence electrons. The van der Waals surface area contributed by atoms with Crippen LogP contribution in [0.1, 0.15) is 38.5 Å². The molecule has 1 aliphatic heterocycles. The highest BCUT2D eigenvalue weighted by Gasteiger charge is 2.47. The van der Waals surface area contributed by atoms with Crippen molar-refractivity contribution in [3.8, 4) is 0 Å². The third-order valence-electron chi connectivity index (χ3n) is 5.43. The van der Waals surface area contributed by atoms with Crippen LogP contribution in [0.15, 0.2) is 5.16 Å². The summed E-state index contributed by atoms with van der Waals surface area (Å²) in [5.41, 5.74) is 4.92. The van der Waals surface area contributed by atoms with E-state index in [1.165, 1.54) is 19.3 Å².